The molecule has 0 amide bonds. The fourth-order valence-electron chi connectivity index (χ4n) is 1.86. The second-order valence-electron chi connectivity index (χ2n) is 3.94. The van der Waals surface area contributed by atoms with E-state index in [0.29, 0.717) is 18.4 Å². The van der Waals surface area contributed by atoms with Crippen molar-refractivity contribution >= 4 is 17.2 Å². The quantitative estimate of drug-likeness (QED) is 0.512. The molecule has 0 nitrogen and oxygen atoms in total. The average Bonchev–Trinajstić information content (AvgIpc) is 2.64. The van der Waals surface area contributed by atoms with Crippen molar-refractivity contribution in [1.82, 2.24) is 0 Å². The predicted molar refractivity (Wildman–Crippen MR) is 58.3 cm³/mol. The van der Waals surface area contributed by atoms with Gasteiger partial charge in [0.25, 0.3) is 0 Å². The highest BCUT2D eigenvalue weighted by atomic mass is 35.5. The van der Waals surface area contributed by atoms with E-state index in [-0.39, 0.29) is 5.38 Å². The molecule has 0 spiro atoms. The first kappa shape index (κ1) is 12.4. The van der Waals surface area contributed by atoms with Crippen LogP contribution >= 0.6 is 11.6 Å². The van der Waals surface area contributed by atoms with Gasteiger partial charge in [0.05, 0.1) is 10.9 Å². The standard InChI is InChI=1S/C12H9ClF4/c13-9-3-1-7(5-9)8-2-4-11(14)10(6-8)12(15,16)17/h2,4-6,9H,1,3H2. The van der Waals surface area contributed by atoms with Gasteiger partial charge in [0, 0.05) is 0 Å². The molecule has 0 aromatic heterocycles. The lowest BCUT2D eigenvalue weighted by atomic mass is 10.0. The van der Waals surface area contributed by atoms with Gasteiger partial charge in [-0.1, -0.05) is 12.1 Å². The molecule has 0 N–H and O–H groups in total. The highest BCUT2D eigenvalue weighted by Crippen LogP contribution is 2.36. The Morgan fingerprint density at radius 2 is 1.94 bits per heavy atom. The van der Waals surface area contributed by atoms with Crippen molar-refractivity contribution in [2.75, 3.05) is 0 Å². The smallest absolute Gasteiger partial charge is 0.206 e. The topological polar surface area (TPSA) is 0 Å². The summed E-state index contributed by atoms with van der Waals surface area (Å²) >= 11 is 5.85. The van der Waals surface area contributed by atoms with Gasteiger partial charge in [0.1, 0.15) is 5.82 Å². The van der Waals surface area contributed by atoms with Gasteiger partial charge >= 0.3 is 6.18 Å². The Kier molecular flexibility index (Phi) is 3.17. The van der Waals surface area contributed by atoms with Gasteiger partial charge in [-0.25, -0.2) is 4.39 Å². The van der Waals surface area contributed by atoms with Crippen LogP contribution in [0.5, 0.6) is 0 Å². The lowest BCUT2D eigenvalue weighted by Crippen LogP contribution is -2.08. The lowest BCUT2D eigenvalue weighted by Gasteiger charge is -2.10. The van der Waals surface area contributed by atoms with Gasteiger partial charge in [-0.05, 0) is 36.1 Å². The molecular weight excluding hydrogens is 256 g/mol. The minimum Gasteiger partial charge on any atom is -0.206 e. The van der Waals surface area contributed by atoms with Crippen LogP contribution in [-0.2, 0) is 6.18 Å². The van der Waals surface area contributed by atoms with Crippen LogP contribution in [0.15, 0.2) is 24.3 Å². The van der Waals surface area contributed by atoms with Crippen LogP contribution in [0.25, 0.3) is 5.57 Å². The first-order chi connectivity index (χ1) is 7.88. The second kappa shape index (κ2) is 4.33. The first-order valence-corrected chi connectivity index (χ1v) is 5.53. The molecule has 0 bridgehead atoms. The van der Waals surface area contributed by atoms with E-state index < -0.39 is 17.6 Å². The van der Waals surface area contributed by atoms with E-state index >= 15 is 0 Å². The van der Waals surface area contributed by atoms with Crippen molar-refractivity contribution in [3.8, 4) is 0 Å². The summed E-state index contributed by atoms with van der Waals surface area (Å²) in [6, 6.07) is 3.04. The van der Waals surface area contributed by atoms with Crippen LogP contribution in [0.4, 0.5) is 17.6 Å². The maximum absolute atomic E-state index is 13.1. The fourth-order valence-corrected chi connectivity index (χ4v) is 2.12. The maximum atomic E-state index is 13.1. The molecule has 5 heteroatoms. The van der Waals surface area contributed by atoms with E-state index in [9.17, 15) is 17.6 Å². The molecule has 0 aliphatic heterocycles. The van der Waals surface area contributed by atoms with Gasteiger partial charge in [0.2, 0.25) is 0 Å². The minimum atomic E-state index is -4.67. The Labute approximate surface area is 101 Å². The molecule has 0 heterocycles. The van der Waals surface area contributed by atoms with Crippen molar-refractivity contribution in [3.63, 3.8) is 0 Å². The van der Waals surface area contributed by atoms with E-state index in [0.717, 1.165) is 17.7 Å². The van der Waals surface area contributed by atoms with Crippen LogP contribution in [0.3, 0.4) is 0 Å². The molecule has 0 radical (unpaired) electrons. The third-order valence-corrected chi connectivity index (χ3v) is 3.06. The summed E-state index contributed by atoms with van der Waals surface area (Å²) in [5, 5.41) is -0.149. The number of allylic oxidation sites excluding steroid dienone is 2. The van der Waals surface area contributed by atoms with Crippen LogP contribution in [0.1, 0.15) is 24.0 Å². The highest BCUT2D eigenvalue weighted by Gasteiger charge is 2.34. The Bertz CT molecular complexity index is 462. The zero-order valence-corrected chi connectivity index (χ0v) is 9.45. The molecule has 1 aromatic carbocycles. The van der Waals surface area contributed by atoms with Crippen molar-refractivity contribution < 1.29 is 17.6 Å². The largest absolute Gasteiger partial charge is 0.419 e. The van der Waals surface area contributed by atoms with Gasteiger partial charge < -0.3 is 0 Å². The van der Waals surface area contributed by atoms with Crippen LogP contribution in [0, 0.1) is 5.82 Å². The van der Waals surface area contributed by atoms with Crippen molar-refractivity contribution in [3.05, 3.63) is 41.2 Å². The Balaban J connectivity index is 2.42. The summed E-state index contributed by atoms with van der Waals surface area (Å²) in [6.07, 6.45) is -1.62. The minimum absolute atomic E-state index is 0.149. The number of hydrogen-bond acceptors (Lipinski definition) is 0. The van der Waals surface area contributed by atoms with E-state index in [4.69, 9.17) is 11.6 Å². The molecule has 1 aliphatic rings. The van der Waals surface area contributed by atoms with Crippen molar-refractivity contribution in [2.45, 2.75) is 24.4 Å². The molecule has 1 atom stereocenters. The molecule has 1 unspecified atom stereocenters. The molecule has 0 saturated heterocycles. The number of alkyl halides is 4. The van der Waals surface area contributed by atoms with E-state index in [1.165, 1.54) is 6.07 Å². The van der Waals surface area contributed by atoms with Gasteiger partial charge in [0.15, 0.2) is 0 Å². The Morgan fingerprint density at radius 1 is 1.24 bits per heavy atom. The highest BCUT2D eigenvalue weighted by molar-refractivity contribution is 6.22. The molecule has 1 aromatic rings. The summed E-state index contributed by atoms with van der Waals surface area (Å²) in [5.41, 5.74) is -0.0914. The zero-order chi connectivity index (χ0) is 12.6. The van der Waals surface area contributed by atoms with Crippen LogP contribution < -0.4 is 0 Å². The SMILES string of the molecule is Fc1ccc(C2=CC(Cl)CC2)cc1C(F)(F)F. The molecule has 0 fully saturated rings. The Morgan fingerprint density at radius 3 is 2.47 bits per heavy atom. The van der Waals surface area contributed by atoms with E-state index in [1.54, 1.807) is 6.08 Å². The molecule has 17 heavy (non-hydrogen) atoms. The monoisotopic (exact) mass is 264 g/mol. The molecule has 92 valence electrons. The number of rotatable bonds is 1. The summed E-state index contributed by atoms with van der Waals surface area (Å²) in [7, 11) is 0. The summed E-state index contributed by atoms with van der Waals surface area (Å²) in [6.45, 7) is 0. The van der Waals surface area contributed by atoms with Crippen LogP contribution in [0.2, 0.25) is 0 Å². The zero-order valence-electron chi connectivity index (χ0n) is 8.69. The third kappa shape index (κ3) is 2.63. The van der Waals surface area contributed by atoms with Crippen molar-refractivity contribution in [1.29, 1.82) is 0 Å². The fraction of sp³-hybridized carbons (Fsp3) is 0.333. The molecular formula is C12H9ClF4. The van der Waals surface area contributed by atoms with Gasteiger partial charge in [-0.2, -0.15) is 13.2 Å². The molecule has 1 aliphatic carbocycles. The number of halogens is 5. The molecule has 0 saturated carbocycles. The number of hydrogen-bond donors (Lipinski definition) is 0. The maximum Gasteiger partial charge on any atom is 0.419 e. The average molecular weight is 265 g/mol. The van der Waals surface area contributed by atoms with Crippen molar-refractivity contribution in [2.24, 2.45) is 0 Å². The van der Waals surface area contributed by atoms with Gasteiger partial charge in [-0.3, -0.25) is 0 Å². The first-order valence-electron chi connectivity index (χ1n) is 5.10. The molecule has 2 rings (SSSR count). The summed E-state index contributed by atoms with van der Waals surface area (Å²) < 4.78 is 50.6. The van der Waals surface area contributed by atoms with Gasteiger partial charge in [-0.15, -0.1) is 11.6 Å². The lowest BCUT2D eigenvalue weighted by molar-refractivity contribution is -0.140. The normalized spacial score (nSPS) is 20.5. The van der Waals surface area contributed by atoms with Crippen LogP contribution in [-0.4, -0.2) is 5.38 Å². The second-order valence-corrected chi connectivity index (χ2v) is 4.50. The predicted octanol–water partition coefficient (Wildman–Crippen LogP) is 4.63. The summed E-state index contributed by atoms with van der Waals surface area (Å²) in [5.74, 6) is -1.25. The number of benzene rings is 1. The summed E-state index contributed by atoms with van der Waals surface area (Å²) in [4.78, 5) is 0. The Hall–Kier alpha value is -1.03. The third-order valence-electron chi connectivity index (χ3n) is 2.71. The van der Waals surface area contributed by atoms with E-state index in [2.05, 4.69) is 0 Å². The van der Waals surface area contributed by atoms with E-state index in [1.807, 2.05) is 0 Å².